The van der Waals surface area contributed by atoms with Gasteiger partial charge in [-0.25, -0.2) is 0 Å². The first-order chi connectivity index (χ1) is 9.19. The first-order valence-corrected chi connectivity index (χ1v) is 6.78. The summed E-state index contributed by atoms with van der Waals surface area (Å²) < 4.78 is 11.5. The van der Waals surface area contributed by atoms with Crippen LogP contribution in [0.1, 0.15) is 25.8 Å². The average Bonchev–Trinajstić information content (AvgIpc) is 2.38. The molecule has 0 N–H and O–H groups in total. The van der Waals surface area contributed by atoms with Crippen molar-refractivity contribution in [2.45, 2.75) is 26.7 Å². The molecule has 1 aromatic carbocycles. The van der Waals surface area contributed by atoms with E-state index < -0.39 is 0 Å². The second-order valence-electron chi connectivity index (χ2n) is 4.86. The van der Waals surface area contributed by atoms with E-state index in [1.807, 2.05) is 24.3 Å². The molecule has 1 aromatic rings. The smallest absolute Gasteiger partial charge is 0.126 e. The van der Waals surface area contributed by atoms with E-state index in [0.717, 1.165) is 36.5 Å². The van der Waals surface area contributed by atoms with Crippen molar-refractivity contribution >= 4 is 0 Å². The molecule has 0 fully saturated rings. The quantitative estimate of drug-likeness (QED) is 0.612. The molecule has 0 unspecified atom stereocenters. The molecule has 0 amide bonds. The van der Waals surface area contributed by atoms with Gasteiger partial charge in [0, 0.05) is 5.56 Å². The molecular weight excluding hydrogens is 236 g/mol. The third-order valence-corrected chi connectivity index (χ3v) is 2.75. The fourth-order valence-electron chi connectivity index (χ4n) is 1.71. The molecule has 1 rings (SSSR count). The van der Waals surface area contributed by atoms with Crippen LogP contribution < -0.4 is 9.47 Å². The Morgan fingerprint density at radius 3 is 2.37 bits per heavy atom. The summed E-state index contributed by atoms with van der Waals surface area (Å²) in [6.07, 6.45) is 5.39. The number of ether oxygens (including phenoxy) is 2. The van der Waals surface area contributed by atoms with Crippen LogP contribution in [0.2, 0.25) is 0 Å². The SMILES string of the molecule is C=CCOc1cccc(OCCC(C)C)c1CC=C. The number of hydrogen-bond acceptors (Lipinski definition) is 2. The van der Waals surface area contributed by atoms with Gasteiger partial charge < -0.3 is 9.47 Å². The van der Waals surface area contributed by atoms with Gasteiger partial charge >= 0.3 is 0 Å². The van der Waals surface area contributed by atoms with Crippen LogP contribution in [0.3, 0.4) is 0 Å². The number of rotatable bonds is 9. The summed E-state index contributed by atoms with van der Waals surface area (Å²) in [5, 5.41) is 0. The van der Waals surface area contributed by atoms with Crippen LogP contribution >= 0.6 is 0 Å². The van der Waals surface area contributed by atoms with E-state index in [0.29, 0.717) is 12.5 Å². The molecule has 19 heavy (non-hydrogen) atoms. The van der Waals surface area contributed by atoms with Crippen molar-refractivity contribution in [3.8, 4) is 11.5 Å². The molecule has 0 aliphatic carbocycles. The predicted molar refractivity (Wildman–Crippen MR) is 81.0 cm³/mol. The number of benzene rings is 1. The lowest BCUT2D eigenvalue weighted by Crippen LogP contribution is -2.05. The van der Waals surface area contributed by atoms with Gasteiger partial charge in [-0.2, -0.15) is 0 Å². The van der Waals surface area contributed by atoms with E-state index in [1.165, 1.54) is 0 Å². The molecule has 0 atom stereocenters. The third-order valence-electron chi connectivity index (χ3n) is 2.75. The summed E-state index contributed by atoms with van der Waals surface area (Å²) in [5.74, 6) is 2.38. The van der Waals surface area contributed by atoms with Crippen LogP contribution in [-0.2, 0) is 6.42 Å². The topological polar surface area (TPSA) is 18.5 Å². The molecule has 0 bridgehead atoms. The van der Waals surface area contributed by atoms with Crippen molar-refractivity contribution in [3.63, 3.8) is 0 Å². The van der Waals surface area contributed by atoms with Crippen LogP contribution in [-0.4, -0.2) is 13.2 Å². The lowest BCUT2D eigenvalue weighted by Gasteiger charge is -2.15. The zero-order valence-corrected chi connectivity index (χ0v) is 12.0. The Hall–Kier alpha value is -1.70. The highest BCUT2D eigenvalue weighted by Gasteiger charge is 2.09. The third kappa shape index (κ3) is 5.21. The van der Waals surface area contributed by atoms with Gasteiger partial charge in [0.1, 0.15) is 18.1 Å². The minimum absolute atomic E-state index is 0.500. The Kier molecular flexibility index (Phi) is 6.80. The number of hydrogen-bond donors (Lipinski definition) is 0. The molecule has 0 aliphatic rings. The molecule has 0 heterocycles. The normalized spacial score (nSPS) is 10.3. The first kappa shape index (κ1) is 15.4. The molecule has 0 aliphatic heterocycles. The molecule has 104 valence electrons. The fourth-order valence-corrected chi connectivity index (χ4v) is 1.71. The largest absolute Gasteiger partial charge is 0.493 e. The Balaban J connectivity index is 2.82. The first-order valence-electron chi connectivity index (χ1n) is 6.78. The molecule has 0 saturated carbocycles. The molecular formula is C17H24O2. The zero-order valence-electron chi connectivity index (χ0n) is 12.0. The summed E-state index contributed by atoms with van der Waals surface area (Å²) in [6.45, 7) is 13.1. The second-order valence-corrected chi connectivity index (χ2v) is 4.86. The van der Waals surface area contributed by atoms with Crippen LogP contribution in [0.4, 0.5) is 0 Å². The molecule has 0 spiro atoms. The second kappa shape index (κ2) is 8.41. The van der Waals surface area contributed by atoms with E-state index >= 15 is 0 Å². The van der Waals surface area contributed by atoms with Crippen molar-refractivity contribution in [1.29, 1.82) is 0 Å². The highest BCUT2D eigenvalue weighted by molar-refractivity contribution is 5.46. The van der Waals surface area contributed by atoms with Crippen LogP contribution in [0, 0.1) is 5.92 Å². The van der Waals surface area contributed by atoms with Crippen LogP contribution in [0.15, 0.2) is 43.5 Å². The van der Waals surface area contributed by atoms with Gasteiger partial charge in [-0.3, -0.25) is 0 Å². The zero-order chi connectivity index (χ0) is 14.1. The molecule has 0 saturated heterocycles. The Labute approximate surface area is 116 Å². The molecule has 0 radical (unpaired) electrons. The molecule has 0 aromatic heterocycles. The summed E-state index contributed by atoms with van der Waals surface area (Å²) >= 11 is 0. The molecule has 2 nitrogen and oxygen atoms in total. The van der Waals surface area contributed by atoms with Crippen molar-refractivity contribution in [2.24, 2.45) is 5.92 Å². The van der Waals surface area contributed by atoms with E-state index in [-0.39, 0.29) is 0 Å². The van der Waals surface area contributed by atoms with Gasteiger partial charge in [-0.1, -0.05) is 38.6 Å². The highest BCUT2D eigenvalue weighted by Crippen LogP contribution is 2.29. The standard InChI is InChI=1S/C17H24O2/c1-5-8-15-16(18-12-6-2)9-7-10-17(15)19-13-11-14(3)4/h5-7,9-10,14H,1-2,8,11-13H2,3-4H3. The van der Waals surface area contributed by atoms with Gasteiger partial charge in [-0.15, -0.1) is 6.58 Å². The highest BCUT2D eigenvalue weighted by atomic mass is 16.5. The fraction of sp³-hybridized carbons (Fsp3) is 0.412. The maximum Gasteiger partial charge on any atom is 0.126 e. The van der Waals surface area contributed by atoms with Gasteiger partial charge in [-0.05, 0) is 30.9 Å². The summed E-state index contributed by atoms with van der Waals surface area (Å²) in [5.41, 5.74) is 1.06. The van der Waals surface area contributed by atoms with Crippen molar-refractivity contribution in [2.75, 3.05) is 13.2 Å². The summed E-state index contributed by atoms with van der Waals surface area (Å²) in [4.78, 5) is 0. The minimum Gasteiger partial charge on any atom is -0.493 e. The molecule has 2 heteroatoms. The Morgan fingerprint density at radius 1 is 1.11 bits per heavy atom. The monoisotopic (exact) mass is 260 g/mol. The van der Waals surface area contributed by atoms with E-state index in [9.17, 15) is 0 Å². The Morgan fingerprint density at radius 2 is 1.79 bits per heavy atom. The van der Waals surface area contributed by atoms with Crippen LogP contribution in [0.5, 0.6) is 11.5 Å². The van der Waals surface area contributed by atoms with Crippen molar-refractivity contribution in [1.82, 2.24) is 0 Å². The lowest BCUT2D eigenvalue weighted by atomic mass is 10.1. The maximum atomic E-state index is 5.87. The number of allylic oxidation sites excluding steroid dienone is 1. The predicted octanol–water partition coefficient (Wildman–Crippen LogP) is 4.40. The van der Waals surface area contributed by atoms with Crippen LogP contribution in [0.25, 0.3) is 0 Å². The van der Waals surface area contributed by atoms with Crippen molar-refractivity contribution in [3.05, 3.63) is 49.1 Å². The van der Waals surface area contributed by atoms with E-state index in [2.05, 4.69) is 27.0 Å². The Bertz CT molecular complexity index is 408. The maximum absolute atomic E-state index is 5.87. The van der Waals surface area contributed by atoms with Gasteiger partial charge in [0.15, 0.2) is 0 Å². The van der Waals surface area contributed by atoms with Gasteiger partial charge in [0.25, 0.3) is 0 Å². The van der Waals surface area contributed by atoms with Gasteiger partial charge in [0.2, 0.25) is 0 Å². The summed E-state index contributed by atoms with van der Waals surface area (Å²) in [6, 6.07) is 5.90. The van der Waals surface area contributed by atoms with Gasteiger partial charge in [0.05, 0.1) is 6.61 Å². The van der Waals surface area contributed by atoms with Crippen molar-refractivity contribution < 1.29 is 9.47 Å². The average molecular weight is 260 g/mol. The minimum atomic E-state index is 0.500. The van der Waals surface area contributed by atoms with E-state index in [1.54, 1.807) is 6.08 Å². The van der Waals surface area contributed by atoms with E-state index in [4.69, 9.17) is 9.47 Å². The summed E-state index contributed by atoms with van der Waals surface area (Å²) in [7, 11) is 0. The lowest BCUT2D eigenvalue weighted by molar-refractivity contribution is 0.283.